The van der Waals surface area contributed by atoms with Gasteiger partial charge < -0.3 is 20.1 Å². The molecule has 39 heavy (non-hydrogen) atoms. The zero-order valence-electron chi connectivity index (χ0n) is 21.2. The molecule has 1 spiro atoms. The van der Waals surface area contributed by atoms with Crippen LogP contribution < -0.4 is 15.4 Å². The Bertz CT molecular complexity index is 1470. The summed E-state index contributed by atoms with van der Waals surface area (Å²) in [7, 11) is 0. The molecule has 0 saturated carbocycles. The first-order valence-electron chi connectivity index (χ1n) is 13.0. The highest BCUT2D eigenvalue weighted by Crippen LogP contribution is 2.59. The number of hydrogen-bond acceptors (Lipinski definition) is 4. The fourth-order valence-electron chi connectivity index (χ4n) is 6.24. The molecule has 3 aliphatic rings. The first-order valence-corrected chi connectivity index (χ1v) is 14.1. The normalized spacial score (nSPS) is 24.8. The Hall–Kier alpha value is -2.77. The highest BCUT2D eigenvalue weighted by molar-refractivity contribution is 6.32. The van der Waals surface area contributed by atoms with Crippen LogP contribution in [0, 0.1) is 6.92 Å². The van der Waals surface area contributed by atoms with Crippen LogP contribution in [0.2, 0.25) is 15.1 Å². The Morgan fingerprint density at radius 3 is 2.51 bits per heavy atom. The summed E-state index contributed by atoms with van der Waals surface area (Å²) in [5, 5.41) is 7.77. The molecule has 6 rings (SSSR count). The minimum Gasteiger partial charge on any atom is -0.490 e. The van der Waals surface area contributed by atoms with Gasteiger partial charge in [-0.15, -0.1) is 0 Å². The van der Waals surface area contributed by atoms with Gasteiger partial charge in [-0.3, -0.25) is 9.59 Å². The van der Waals surface area contributed by atoms with Gasteiger partial charge in [-0.25, -0.2) is 0 Å². The maximum atomic E-state index is 14.3. The van der Waals surface area contributed by atoms with Crippen molar-refractivity contribution >= 4 is 52.3 Å². The number of anilines is 1. The summed E-state index contributed by atoms with van der Waals surface area (Å²) >= 11 is 19.4. The first-order chi connectivity index (χ1) is 18.8. The zero-order chi connectivity index (χ0) is 27.3. The Morgan fingerprint density at radius 1 is 0.974 bits per heavy atom. The van der Waals surface area contributed by atoms with Crippen LogP contribution in [-0.2, 0) is 19.7 Å². The fraction of sp³-hybridized carbons (Fsp3) is 0.333. The van der Waals surface area contributed by atoms with Crippen molar-refractivity contribution in [1.29, 1.82) is 0 Å². The largest absolute Gasteiger partial charge is 0.490 e. The minimum absolute atomic E-state index is 0.0551. The number of ether oxygens (including phenoxy) is 2. The maximum Gasteiger partial charge on any atom is 0.238 e. The van der Waals surface area contributed by atoms with E-state index in [1.807, 2.05) is 43.3 Å². The van der Waals surface area contributed by atoms with Gasteiger partial charge in [0.05, 0.1) is 19.3 Å². The summed E-state index contributed by atoms with van der Waals surface area (Å²) in [6.07, 6.45) is 1.54. The predicted octanol–water partition coefficient (Wildman–Crippen LogP) is 6.75. The van der Waals surface area contributed by atoms with Crippen molar-refractivity contribution in [1.82, 2.24) is 5.32 Å². The Balaban J connectivity index is 1.59. The van der Waals surface area contributed by atoms with E-state index < -0.39 is 17.4 Å². The van der Waals surface area contributed by atoms with Crippen LogP contribution in [0.15, 0.2) is 54.6 Å². The summed E-state index contributed by atoms with van der Waals surface area (Å²) in [5.74, 6) is -0.341. The molecule has 3 aromatic carbocycles. The Labute approximate surface area is 241 Å². The van der Waals surface area contributed by atoms with E-state index in [1.54, 1.807) is 18.2 Å². The van der Waals surface area contributed by atoms with Gasteiger partial charge in [-0.1, -0.05) is 53.0 Å². The van der Waals surface area contributed by atoms with E-state index in [0.717, 1.165) is 29.5 Å². The topological polar surface area (TPSA) is 76.7 Å². The molecule has 202 valence electrons. The molecule has 2 fully saturated rings. The van der Waals surface area contributed by atoms with Crippen molar-refractivity contribution in [3.63, 3.8) is 0 Å². The van der Waals surface area contributed by atoms with E-state index in [-0.39, 0.29) is 24.3 Å². The number of fused-ring (bicyclic) bond motifs is 2. The molecule has 0 aromatic heterocycles. The van der Waals surface area contributed by atoms with Gasteiger partial charge in [0.25, 0.3) is 0 Å². The number of halogens is 3. The number of aryl methyl sites for hydroxylation is 1. The van der Waals surface area contributed by atoms with Gasteiger partial charge >= 0.3 is 0 Å². The molecule has 6 nitrogen and oxygen atoms in total. The second-order valence-electron chi connectivity index (χ2n) is 10.4. The molecule has 3 heterocycles. The van der Waals surface area contributed by atoms with Gasteiger partial charge in [0.1, 0.15) is 17.3 Å². The van der Waals surface area contributed by atoms with Gasteiger partial charge in [0, 0.05) is 51.5 Å². The second-order valence-corrected chi connectivity index (χ2v) is 11.7. The molecule has 3 aliphatic heterocycles. The first kappa shape index (κ1) is 26.5. The summed E-state index contributed by atoms with van der Waals surface area (Å²) in [4.78, 5) is 27.7. The highest BCUT2D eigenvalue weighted by atomic mass is 35.5. The highest BCUT2D eigenvalue weighted by Gasteiger charge is 2.61. The molecule has 2 saturated heterocycles. The third kappa shape index (κ3) is 4.57. The molecule has 2 N–H and O–H groups in total. The number of rotatable bonds is 4. The third-order valence-corrected chi connectivity index (χ3v) is 8.94. The smallest absolute Gasteiger partial charge is 0.238 e. The zero-order valence-corrected chi connectivity index (χ0v) is 23.5. The summed E-state index contributed by atoms with van der Waals surface area (Å²) in [6, 6.07) is 15.7. The van der Waals surface area contributed by atoms with E-state index >= 15 is 0 Å². The average molecular weight is 586 g/mol. The van der Waals surface area contributed by atoms with E-state index in [2.05, 4.69) is 10.6 Å². The lowest BCUT2D eigenvalue weighted by Crippen LogP contribution is -2.57. The monoisotopic (exact) mass is 584 g/mol. The number of benzene rings is 3. The summed E-state index contributed by atoms with van der Waals surface area (Å²) in [6.45, 7) is 3.14. The standard InChI is InChI=1S/C30H27Cl3N2O4/c1-16-11-26(39-20-7-9-38-10-8-20)21(14-24(16)33)28-30(22-6-5-19(32)13-25(22)34-29(30)37)23(15-27(36)35-28)17-3-2-4-18(31)12-17/h2-6,11-14,20,23,28H,7-10,15H2,1H3,(H,34,37)(H,35,36)/t23-,28+,30-/m0/s1. The van der Waals surface area contributed by atoms with Gasteiger partial charge in [0.2, 0.25) is 11.8 Å². The quantitative estimate of drug-likeness (QED) is 0.355. The van der Waals surface area contributed by atoms with Crippen molar-refractivity contribution in [3.8, 4) is 5.75 Å². The molecule has 0 aliphatic carbocycles. The van der Waals surface area contributed by atoms with E-state index in [1.165, 1.54) is 0 Å². The molecule has 0 bridgehead atoms. The average Bonchev–Trinajstić information content (AvgIpc) is 3.19. The van der Waals surface area contributed by atoms with Crippen LogP contribution >= 0.6 is 34.8 Å². The molecular weight excluding hydrogens is 559 g/mol. The molecule has 0 unspecified atom stereocenters. The van der Waals surface area contributed by atoms with Crippen LogP contribution in [0.1, 0.15) is 53.5 Å². The number of carbonyl (C=O) groups is 2. The number of carbonyl (C=O) groups excluding carboxylic acids is 2. The summed E-state index contributed by atoms with van der Waals surface area (Å²) < 4.78 is 12.1. The van der Waals surface area contributed by atoms with Crippen LogP contribution in [0.25, 0.3) is 0 Å². The van der Waals surface area contributed by atoms with Gasteiger partial charge in [-0.2, -0.15) is 0 Å². The molecule has 2 amide bonds. The molecule has 0 radical (unpaired) electrons. The van der Waals surface area contributed by atoms with Crippen molar-refractivity contribution in [3.05, 3.63) is 91.9 Å². The van der Waals surface area contributed by atoms with Crippen LogP contribution in [0.3, 0.4) is 0 Å². The second kappa shape index (κ2) is 10.3. The molecule has 3 aromatic rings. The predicted molar refractivity (Wildman–Crippen MR) is 152 cm³/mol. The number of amides is 2. The number of piperidine rings is 1. The lowest BCUT2D eigenvalue weighted by Gasteiger charge is -2.47. The Kier molecular flexibility index (Phi) is 7.00. The number of nitrogens with one attached hydrogen (secondary N) is 2. The molecule has 9 heteroatoms. The minimum atomic E-state index is -1.22. The van der Waals surface area contributed by atoms with E-state index in [4.69, 9.17) is 44.3 Å². The van der Waals surface area contributed by atoms with Crippen molar-refractivity contribution in [2.45, 2.75) is 49.7 Å². The number of hydrogen-bond donors (Lipinski definition) is 2. The van der Waals surface area contributed by atoms with Gasteiger partial charge in [0.15, 0.2) is 0 Å². The molecule has 3 atom stereocenters. The maximum absolute atomic E-state index is 14.3. The lowest BCUT2D eigenvalue weighted by molar-refractivity contribution is -0.131. The fourth-order valence-corrected chi connectivity index (χ4v) is 6.78. The van der Waals surface area contributed by atoms with E-state index in [9.17, 15) is 9.59 Å². The van der Waals surface area contributed by atoms with Crippen molar-refractivity contribution in [2.24, 2.45) is 0 Å². The Morgan fingerprint density at radius 2 is 1.74 bits per heavy atom. The van der Waals surface area contributed by atoms with Crippen molar-refractivity contribution in [2.75, 3.05) is 18.5 Å². The van der Waals surface area contributed by atoms with Crippen LogP contribution in [0.4, 0.5) is 5.69 Å². The van der Waals surface area contributed by atoms with Crippen LogP contribution in [0.5, 0.6) is 5.75 Å². The summed E-state index contributed by atoms with van der Waals surface area (Å²) in [5.41, 5.74) is 2.44. The third-order valence-electron chi connectivity index (χ3n) is 8.07. The van der Waals surface area contributed by atoms with Gasteiger partial charge in [-0.05, 0) is 60.0 Å². The van der Waals surface area contributed by atoms with Crippen molar-refractivity contribution < 1.29 is 19.1 Å². The lowest BCUT2D eigenvalue weighted by atomic mass is 9.59. The SMILES string of the molecule is Cc1cc(OC2CCOCC2)c([C@H]2NC(=O)C[C@@H](c3cccc(Cl)c3)[C@]23C(=O)Nc2cc(Cl)ccc23)cc1Cl. The van der Waals surface area contributed by atoms with Crippen LogP contribution in [-0.4, -0.2) is 31.1 Å². The molecular formula is C30H27Cl3N2O4. The van der Waals surface area contributed by atoms with E-state index in [0.29, 0.717) is 45.3 Å².